The highest BCUT2D eigenvalue weighted by Gasteiger charge is 2.47. The molecule has 32 heavy (non-hydrogen) atoms. The van der Waals surface area contributed by atoms with E-state index in [0.717, 1.165) is 12.8 Å². The highest BCUT2D eigenvalue weighted by atomic mass is 16.5. The third kappa shape index (κ3) is 4.34. The summed E-state index contributed by atoms with van der Waals surface area (Å²) in [6, 6.07) is 12.3. The van der Waals surface area contributed by atoms with Crippen LogP contribution in [-0.2, 0) is 14.3 Å². The Kier molecular flexibility index (Phi) is 6.19. The van der Waals surface area contributed by atoms with Crippen LogP contribution in [0.2, 0.25) is 0 Å². The van der Waals surface area contributed by atoms with Gasteiger partial charge in [0, 0.05) is 18.7 Å². The lowest BCUT2D eigenvalue weighted by Crippen LogP contribution is -2.36. The van der Waals surface area contributed by atoms with Crippen LogP contribution in [-0.4, -0.2) is 52.2 Å². The molecule has 2 fully saturated rings. The number of aromatic hydroxyl groups is 1. The van der Waals surface area contributed by atoms with Gasteiger partial charge < -0.3 is 24.6 Å². The predicted molar refractivity (Wildman–Crippen MR) is 118 cm³/mol. The molecule has 168 valence electrons. The smallest absolute Gasteiger partial charge is 0.295 e. The molecule has 7 nitrogen and oxygen atoms in total. The summed E-state index contributed by atoms with van der Waals surface area (Å²) in [5.41, 5.74) is 0.905. The summed E-state index contributed by atoms with van der Waals surface area (Å²) in [7, 11) is 0. The summed E-state index contributed by atoms with van der Waals surface area (Å²) < 4.78 is 11.4. The second-order valence-electron chi connectivity index (χ2n) is 8.38. The maximum absolute atomic E-state index is 13.1. The highest BCUT2D eigenvalue weighted by Crippen LogP contribution is 2.41. The number of hydrogen-bond acceptors (Lipinski definition) is 6. The van der Waals surface area contributed by atoms with Gasteiger partial charge in [0.05, 0.1) is 23.8 Å². The minimum Gasteiger partial charge on any atom is -0.508 e. The molecule has 2 saturated heterocycles. The Morgan fingerprint density at radius 2 is 1.97 bits per heavy atom. The number of amides is 1. The minimum atomic E-state index is -0.832. The number of rotatable bonds is 6. The monoisotopic (exact) mass is 437 g/mol. The summed E-state index contributed by atoms with van der Waals surface area (Å²) in [6.45, 7) is 4.64. The van der Waals surface area contributed by atoms with E-state index in [9.17, 15) is 19.8 Å². The molecule has 0 aromatic heterocycles. The van der Waals surface area contributed by atoms with Gasteiger partial charge in [-0.3, -0.25) is 9.59 Å². The molecule has 2 unspecified atom stereocenters. The van der Waals surface area contributed by atoms with E-state index in [-0.39, 0.29) is 35.8 Å². The number of aliphatic hydroxyl groups is 1. The van der Waals surface area contributed by atoms with Crippen molar-refractivity contribution in [1.29, 1.82) is 0 Å². The zero-order valence-corrected chi connectivity index (χ0v) is 18.2. The number of phenols is 1. The number of phenolic OH excluding ortho intramolecular Hbond substituents is 1. The number of benzene rings is 2. The first-order valence-corrected chi connectivity index (χ1v) is 10.8. The first kappa shape index (κ1) is 21.9. The van der Waals surface area contributed by atoms with Crippen molar-refractivity contribution in [3.8, 4) is 11.5 Å². The molecule has 0 saturated carbocycles. The molecule has 4 rings (SSSR count). The van der Waals surface area contributed by atoms with Gasteiger partial charge in [-0.1, -0.05) is 24.3 Å². The van der Waals surface area contributed by atoms with E-state index < -0.39 is 17.7 Å². The fraction of sp³-hybridized carbons (Fsp3) is 0.360. The molecule has 0 radical (unpaired) electrons. The molecular weight excluding hydrogens is 410 g/mol. The average Bonchev–Trinajstić information content (AvgIpc) is 3.35. The standard InChI is InChI=1S/C25H27NO6/c1-15(2)32-19-9-4-7-17(13-19)23(28)21-22(16-6-3-8-18(27)12-16)26(25(30)24(21)29)14-20-10-5-11-31-20/h3-4,6-9,12-13,15,20,22,27-28H,5,10-11,14H2,1-2H3/b23-21-. The Balaban J connectivity index is 1.80. The van der Waals surface area contributed by atoms with Crippen LogP contribution in [0.15, 0.2) is 54.1 Å². The molecule has 2 aliphatic rings. The summed E-state index contributed by atoms with van der Waals surface area (Å²) >= 11 is 0. The molecule has 2 heterocycles. The van der Waals surface area contributed by atoms with Crippen LogP contribution in [0.25, 0.3) is 5.76 Å². The van der Waals surface area contributed by atoms with Gasteiger partial charge in [-0.15, -0.1) is 0 Å². The second kappa shape index (κ2) is 9.04. The Morgan fingerprint density at radius 3 is 2.66 bits per heavy atom. The van der Waals surface area contributed by atoms with Crippen LogP contribution < -0.4 is 4.74 Å². The van der Waals surface area contributed by atoms with Gasteiger partial charge >= 0.3 is 0 Å². The van der Waals surface area contributed by atoms with E-state index in [0.29, 0.717) is 23.5 Å². The normalized spacial score (nSPS) is 22.7. The fourth-order valence-electron chi connectivity index (χ4n) is 4.26. The summed E-state index contributed by atoms with van der Waals surface area (Å²) in [5.74, 6) is -1.17. The number of hydrogen-bond donors (Lipinski definition) is 2. The van der Waals surface area contributed by atoms with Crippen molar-refractivity contribution in [2.45, 2.75) is 44.9 Å². The molecule has 2 atom stereocenters. The van der Waals surface area contributed by atoms with Gasteiger partial charge in [0.1, 0.15) is 17.3 Å². The number of carbonyl (C=O) groups excluding carboxylic acids is 2. The van der Waals surface area contributed by atoms with Gasteiger partial charge in [0.25, 0.3) is 11.7 Å². The van der Waals surface area contributed by atoms with Crippen molar-refractivity contribution in [1.82, 2.24) is 4.90 Å². The quantitative estimate of drug-likeness (QED) is 0.406. The molecule has 2 aromatic carbocycles. The lowest BCUT2D eigenvalue weighted by molar-refractivity contribution is -0.140. The van der Waals surface area contributed by atoms with Gasteiger partial charge in [-0.05, 0) is 56.5 Å². The summed E-state index contributed by atoms with van der Waals surface area (Å²) in [4.78, 5) is 27.5. The topological polar surface area (TPSA) is 96.3 Å². The van der Waals surface area contributed by atoms with Crippen LogP contribution in [0.1, 0.15) is 43.9 Å². The van der Waals surface area contributed by atoms with Crippen LogP contribution in [0, 0.1) is 0 Å². The number of likely N-dealkylation sites (tertiary alicyclic amines) is 1. The average molecular weight is 437 g/mol. The number of ether oxygens (including phenoxy) is 2. The number of ketones is 1. The van der Waals surface area contributed by atoms with Gasteiger partial charge in [0.15, 0.2) is 0 Å². The SMILES string of the molecule is CC(C)Oc1cccc(/C(O)=C2/C(=O)C(=O)N(CC3CCCO3)C2c2cccc(O)c2)c1. The van der Waals surface area contributed by atoms with E-state index in [1.54, 1.807) is 36.4 Å². The molecule has 2 aromatic rings. The third-order valence-electron chi connectivity index (χ3n) is 5.63. The first-order valence-electron chi connectivity index (χ1n) is 10.8. The van der Waals surface area contributed by atoms with Crippen molar-refractivity contribution in [3.05, 3.63) is 65.2 Å². The maximum Gasteiger partial charge on any atom is 0.295 e. The molecule has 1 amide bonds. The number of aliphatic hydroxyl groups excluding tert-OH is 1. The Labute approximate surface area is 186 Å². The Bertz CT molecular complexity index is 1050. The zero-order chi connectivity index (χ0) is 22.8. The first-order chi connectivity index (χ1) is 15.3. The Hall–Kier alpha value is -3.32. The third-order valence-corrected chi connectivity index (χ3v) is 5.63. The minimum absolute atomic E-state index is 0.0116. The number of Topliss-reactive ketones (excluding diaryl/α,β-unsaturated/α-hetero) is 1. The van der Waals surface area contributed by atoms with Crippen molar-refractivity contribution < 1.29 is 29.3 Å². The van der Waals surface area contributed by atoms with Crippen molar-refractivity contribution in [2.75, 3.05) is 13.2 Å². The van der Waals surface area contributed by atoms with Crippen LogP contribution >= 0.6 is 0 Å². The van der Waals surface area contributed by atoms with Crippen molar-refractivity contribution >= 4 is 17.4 Å². The van der Waals surface area contributed by atoms with Gasteiger partial charge in [0.2, 0.25) is 0 Å². The lowest BCUT2D eigenvalue weighted by Gasteiger charge is -2.27. The molecular formula is C25H27NO6. The van der Waals surface area contributed by atoms with E-state index in [2.05, 4.69) is 0 Å². The summed E-state index contributed by atoms with van der Waals surface area (Å²) in [6.07, 6.45) is 1.46. The maximum atomic E-state index is 13.1. The Morgan fingerprint density at radius 1 is 1.19 bits per heavy atom. The zero-order valence-electron chi connectivity index (χ0n) is 18.2. The molecule has 2 aliphatic heterocycles. The largest absolute Gasteiger partial charge is 0.508 e. The second-order valence-corrected chi connectivity index (χ2v) is 8.38. The van der Waals surface area contributed by atoms with Crippen molar-refractivity contribution in [2.24, 2.45) is 0 Å². The number of carbonyl (C=O) groups is 2. The van der Waals surface area contributed by atoms with Crippen LogP contribution in [0.5, 0.6) is 11.5 Å². The van der Waals surface area contributed by atoms with E-state index in [1.165, 1.54) is 17.0 Å². The van der Waals surface area contributed by atoms with Crippen LogP contribution in [0.4, 0.5) is 0 Å². The fourth-order valence-corrected chi connectivity index (χ4v) is 4.26. The van der Waals surface area contributed by atoms with Gasteiger partial charge in [-0.25, -0.2) is 0 Å². The summed E-state index contributed by atoms with van der Waals surface area (Å²) in [5, 5.41) is 21.2. The molecule has 2 N–H and O–H groups in total. The molecule has 0 spiro atoms. The molecule has 0 bridgehead atoms. The molecule has 0 aliphatic carbocycles. The van der Waals surface area contributed by atoms with Crippen LogP contribution in [0.3, 0.4) is 0 Å². The van der Waals surface area contributed by atoms with E-state index in [4.69, 9.17) is 9.47 Å². The van der Waals surface area contributed by atoms with E-state index >= 15 is 0 Å². The van der Waals surface area contributed by atoms with Crippen molar-refractivity contribution in [3.63, 3.8) is 0 Å². The molecule has 7 heteroatoms. The number of nitrogens with zero attached hydrogens (tertiary/aromatic N) is 1. The highest BCUT2D eigenvalue weighted by molar-refractivity contribution is 6.46. The van der Waals surface area contributed by atoms with E-state index in [1.807, 2.05) is 13.8 Å². The predicted octanol–water partition coefficient (Wildman–Crippen LogP) is 3.78. The van der Waals surface area contributed by atoms with Gasteiger partial charge in [-0.2, -0.15) is 0 Å². The lowest BCUT2D eigenvalue weighted by atomic mass is 9.95.